The van der Waals surface area contributed by atoms with Gasteiger partial charge in [0.1, 0.15) is 0 Å². The number of hydrogen-bond acceptors (Lipinski definition) is 5. The van der Waals surface area contributed by atoms with E-state index in [-0.39, 0.29) is 0 Å². The monoisotopic (exact) mass is 387 g/mol. The molecule has 0 aliphatic carbocycles. The van der Waals surface area contributed by atoms with Gasteiger partial charge in [-0.1, -0.05) is 0 Å². The zero-order chi connectivity index (χ0) is 19.9. The normalized spacial score (nSPS) is 13.9. The van der Waals surface area contributed by atoms with Gasteiger partial charge < -0.3 is 24.8 Å². The predicted octanol–water partition coefficient (Wildman–Crippen LogP) is 2.50. The Morgan fingerprint density at radius 2 is 2.04 bits per heavy atom. The molecule has 1 aromatic heterocycles. The summed E-state index contributed by atoms with van der Waals surface area (Å²) >= 11 is 0. The highest BCUT2D eigenvalue weighted by Crippen LogP contribution is 2.32. The molecular formula is C20H29N5O3. The van der Waals surface area contributed by atoms with E-state index >= 15 is 0 Å². The van der Waals surface area contributed by atoms with Crippen molar-refractivity contribution in [2.45, 2.75) is 33.4 Å². The molecule has 0 radical (unpaired) electrons. The van der Waals surface area contributed by atoms with Crippen LogP contribution in [-0.2, 0) is 17.8 Å². The van der Waals surface area contributed by atoms with Crippen molar-refractivity contribution in [3.05, 3.63) is 35.2 Å². The smallest absolute Gasteiger partial charge is 0.195 e. The molecule has 0 spiro atoms. The molecule has 0 bridgehead atoms. The van der Waals surface area contributed by atoms with Crippen LogP contribution in [-0.4, -0.2) is 49.7 Å². The largest absolute Gasteiger partial charge is 0.490 e. The van der Waals surface area contributed by atoms with Crippen molar-refractivity contribution in [2.24, 2.45) is 4.99 Å². The number of hydrogen-bond donors (Lipinski definition) is 2. The lowest BCUT2D eigenvalue weighted by Gasteiger charge is -2.14. The van der Waals surface area contributed by atoms with E-state index in [1.807, 2.05) is 29.8 Å². The number of guanidine groups is 1. The lowest BCUT2D eigenvalue weighted by atomic mass is 10.2. The van der Waals surface area contributed by atoms with Gasteiger partial charge in [-0.25, -0.2) is 0 Å². The van der Waals surface area contributed by atoms with Gasteiger partial charge in [0.05, 0.1) is 32.1 Å². The molecular weight excluding hydrogens is 358 g/mol. The average molecular weight is 387 g/mol. The number of anilines is 1. The average Bonchev–Trinajstić information content (AvgIpc) is 2.86. The Labute approximate surface area is 165 Å². The number of benzene rings is 1. The van der Waals surface area contributed by atoms with E-state index in [0.29, 0.717) is 32.3 Å². The first-order valence-corrected chi connectivity index (χ1v) is 9.51. The standard InChI is InChI=1S/C20H29N5O3/c1-14-17(15(2)25(24-14)8-11-26-4)13-22-20(21-3)23-16-6-7-18-19(12-16)28-10-5-9-27-18/h6-7,12H,5,8-11,13H2,1-4H3,(H2,21,22,23). The van der Waals surface area contributed by atoms with Gasteiger partial charge in [0.25, 0.3) is 0 Å². The van der Waals surface area contributed by atoms with Crippen LogP contribution in [0.5, 0.6) is 11.5 Å². The van der Waals surface area contributed by atoms with Gasteiger partial charge in [0.2, 0.25) is 0 Å². The van der Waals surface area contributed by atoms with Crippen LogP contribution in [0.25, 0.3) is 0 Å². The highest BCUT2D eigenvalue weighted by atomic mass is 16.5. The minimum Gasteiger partial charge on any atom is -0.490 e. The number of methoxy groups -OCH3 is 1. The quantitative estimate of drug-likeness (QED) is 0.585. The van der Waals surface area contributed by atoms with Crippen molar-refractivity contribution >= 4 is 11.6 Å². The molecule has 152 valence electrons. The van der Waals surface area contributed by atoms with Gasteiger partial charge in [-0.3, -0.25) is 9.67 Å². The molecule has 0 fully saturated rings. The van der Waals surface area contributed by atoms with Crippen molar-refractivity contribution in [2.75, 3.05) is 39.3 Å². The second kappa shape index (κ2) is 9.45. The number of aryl methyl sites for hydroxylation is 1. The van der Waals surface area contributed by atoms with E-state index in [4.69, 9.17) is 14.2 Å². The lowest BCUT2D eigenvalue weighted by Crippen LogP contribution is -2.30. The maximum absolute atomic E-state index is 5.75. The van der Waals surface area contributed by atoms with Crippen LogP contribution in [0.3, 0.4) is 0 Å². The fourth-order valence-electron chi connectivity index (χ4n) is 3.11. The van der Waals surface area contributed by atoms with Crippen LogP contribution in [0.1, 0.15) is 23.4 Å². The van der Waals surface area contributed by atoms with Gasteiger partial charge in [-0.05, 0) is 26.0 Å². The number of aromatic nitrogens is 2. The van der Waals surface area contributed by atoms with Crippen molar-refractivity contribution in [1.82, 2.24) is 15.1 Å². The summed E-state index contributed by atoms with van der Waals surface area (Å²) in [4.78, 5) is 4.32. The van der Waals surface area contributed by atoms with E-state index < -0.39 is 0 Å². The van der Waals surface area contributed by atoms with Gasteiger partial charge in [-0.15, -0.1) is 0 Å². The zero-order valence-electron chi connectivity index (χ0n) is 17.0. The Kier molecular flexibility index (Phi) is 6.76. The molecule has 1 aliphatic rings. The molecule has 1 aromatic carbocycles. The van der Waals surface area contributed by atoms with Crippen LogP contribution < -0.4 is 20.1 Å². The summed E-state index contributed by atoms with van der Waals surface area (Å²) in [6.45, 7) is 7.46. The molecule has 0 saturated carbocycles. The van der Waals surface area contributed by atoms with E-state index in [2.05, 4.69) is 27.6 Å². The maximum Gasteiger partial charge on any atom is 0.195 e. The Balaban J connectivity index is 1.64. The zero-order valence-corrected chi connectivity index (χ0v) is 17.0. The van der Waals surface area contributed by atoms with Crippen molar-refractivity contribution < 1.29 is 14.2 Å². The minimum atomic E-state index is 0.634. The lowest BCUT2D eigenvalue weighted by molar-refractivity contribution is 0.182. The van der Waals surface area contributed by atoms with Gasteiger partial charge in [-0.2, -0.15) is 5.10 Å². The van der Waals surface area contributed by atoms with Gasteiger partial charge >= 0.3 is 0 Å². The Bertz CT molecular complexity index is 831. The fraction of sp³-hybridized carbons (Fsp3) is 0.500. The Morgan fingerprint density at radius 1 is 1.25 bits per heavy atom. The molecule has 28 heavy (non-hydrogen) atoms. The van der Waals surface area contributed by atoms with Crippen molar-refractivity contribution in [3.63, 3.8) is 0 Å². The summed E-state index contributed by atoms with van der Waals surface area (Å²) in [7, 11) is 3.45. The van der Waals surface area contributed by atoms with E-state index in [9.17, 15) is 0 Å². The fourth-order valence-corrected chi connectivity index (χ4v) is 3.11. The second-order valence-electron chi connectivity index (χ2n) is 6.63. The summed E-state index contributed by atoms with van der Waals surface area (Å²) in [6.07, 6.45) is 0.886. The first-order chi connectivity index (χ1) is 13.6. The highest BCUT2D eigenvalue weighted by Gasteiger charge is 2.13. The molecule has 1 aliphatic heterocycles. The summed E-state index contributed by atoms with van der Waals surface area (Å²) in [5.74, 6) is 2.21. The van der Waals surface area contributed by atoms with Crippen LogP contribution >= 0.6 is 0 Å². The molecule has 2 heterocycles. The van der Waals surface area contributed by atoms with Crippen molar-refractivity contribution in [1.29, 1.82) is 0 Å². The Morgan fingerprint density at radius 3 is 2.79 bits per heavy atom. The molecule has 3 rings (SSSR count). The summed E-state index contributed by atoms with van der Waals surface area (Å²) in [6, 6.07) is 5.82. The number of nitrogens with zero attached hydrogens (tertiary/aromatic N) is 3. The summed E-state index contributed by atoms with van der Waals surface area (Å²) < 4.78 is 18.6. The number of rotatable bonds is 6. The number of fused-ring (bicyclic) bond motifs is 1. The number of aliphatic imine (C=N–C) groups is 1. The SMILES string of the molecule is CN=C(NCc1c(C)nn(CCOC)c1C)Nc1ccc2c(c1)OCCCO2. The molecule has 0 atom stereocenters. The van der Waals surface area contributed by atoms with Crippen LogP contribution in [0.2, 0.25) is 0 Å². The third kappa shape index (κ3) is 4.75. The molecule has 8 heteroatoms. The Hall–Kier alpha value is -2.74. The van der Waals surface area contributed by atoms with Crippen LogP contribution in [0.4, 0.5) is 5.69 Å². The highest BCUT2D eigenvalue weighted by molar-refractivity contribution is 5.93. The first-order valence-electron chi connectivity index (χ1n) is 9.51. The molecule has 0 amide bonds. The summed E-state index contributed by atoms with van der Waals surface area (Å²) in [5.41, 5.74) is 4.19. The molecule has 2 N–H and O–H groups in total. The molecule has 0 saturated heterocycles. The third-order valence-electron chi connectivity index (χ3n) is 4.71. The van der Waals surface area contributed by atoms with Crippen molar-refractivity contribution in [3.8, 4) is 11.5 Å². The van der Waals surface area contributed by atoms with E-state index in [1.54, 1.807) is 14.2 Å². The maximum atomic E-state index is 5.75. The molecule has 2 aromatic rings. The second-order valence-corrected chi connectivity index (χ2v) is 6.63. The topological polar surface area (TPSA) is 81.9 Å². The predicted molar refractivity (Wildman–Crippen MR) is 109 cm³/mol. The first kappa shape index (κ1) is 20.0. The molecule has 0 unspecified atom stereocenters. The van der Waals surface area contributed by atoms with E-state index in [0.717, 1.165) is 47.1 Å². The van der Waals surface area contributed by atoms with Crippen LogP contribution in [0, 0.1) is 13.8 Å². The molecule has 8 nitrogen and oxygen atoms in total. The third-order valence-corrected chi connectivity index (χ3v) is 4.71. The summed E-state index contributed by atoms with van der Waals surface area (Å²) in [5, 5.41) is 11.3. The minimum absolute atomic E-state index is 0.634. The van der Waals surface area contributed by atoms with Crippen LogP contribution in [0.15, 0.2) is 23.2 Å². The number of ether oxygens (including phenoxy) is 3. The number of nitrogens with one attached hydrogen (secondary N) is 2. The van der Waals surface area contributed by atoms with E-state index in [1.165, 1.54) is 0 Å². The van der Waals surface area contributed by atoms with Gasteiger partial charge in [0.15, 0.2) is 17.5 Å². The van der Waals surface area contributed by atoms with Gasteiger partial charge in [0, 0.05) is 50.1 Å².